The van der Waals surface area contributed by atoms with Crippen molar-refractivity contribution >= 4 is 5.91 Å². The number of amides is 1. The number of carbonyl (C=O) groups excluding carboxylic acids is 1. The van der Waals surface area contributed by atoms with E-state index in [1.165, 1.54) is 12.1 Å². The highest BCUT2D eigenvalue weighted by Gasteiger charge is 2.24. The van der Waals surface area contributed by atoms with Crippen LogP contribution in [0.3, 0.4) is 0 Å². The smallest absolute Gasteiger partial charge is 0.225 e. The van der Waals surface area contributed by atoms with Crippen molar-refractivity contribution in [2.24, 2.45) is 5.92 Å². The van der Waals surface area contributed by atoms with E-state index in [0.29, 0.717) is 12.5 Å². The van der Waals surface area contributed by atoms with E-state index in [2.05, 4.69) is 12.2 Å². The van der Waals surface area contributed by atoms with Crippen LogP contribution in [0.2, 0.25) is 0 Å². The Balaban J connectivity index is 1.95. The van der Waals surface area contributed by atoms with Gasteiger partial charge in [0.25, 0.3) is 0 Å². The van der Waals surface area contributed by atoms with Gasteiger partial charge in [-0.2, -0.15) is 0 Å². The van der Waals surface area contributed by atoms with Gasteiger partial charge in [-0.15, -0.1) is 0 Å². The van der Waals surface area contributed by atoms with E-state index in [-0.39, 0.29) is 17.6 Å². The molecule has 2 atom stereocenters. The first-order valence-corrected chi connectivity index (χ1v) is 6.83. The van der Waals surface area contributed by atoms with Gasteiger partial charge in [0.05, 0.1) is 0 Å². The average Bonchev–Trinajstić information content (AvgIpc) is 2.38. The first-order valence-electron chi connectivity index (χ1n) is 6.83. The maximum atomic E-state index is 13.1. The number of carbonyl (C=O) groups is 1. The van der Waals surface area contributed by atoms with Crippen LogP contribution < -0.4 is 5.32 Å². The Morgan fingerprint density at radius 3 is 3.05 bits per heavy atom. The second-order valence-corrected chi connectivity index (χ2v) is 5.37. The largest absolute Gasteiger partial charge is 0.340 e. The Morgan fingerprint density at radius 2 is 2.37 bits per heavy atom. The number of benzene rings is 1. The van der Waals surface area contributed by atoms with E-state index >= 15 is 0 Å². The Kier molecular flexibility index (Phi) is 4.53. The van der Waals surface area contributed by atoms with Crippen molar-refractivity contribution in [2.75, 3.05) is 19.6 Å². The first-order chi connectivity index (χ1) is 9.06. The predicted molar refractivity (Wildman–Crippen MR) is 73.3 cm³/mol. The van der Waals surface area contributed by atoms with Crippen LogP contribution in [0.4, 0.5) is 4.39 Å². The third-order valence-electron chi connectivity index (χ3n) is 3.53. The highest BCUT2D eigenvalue weighted by Crippen LogP contribution is 2.14. The molecule has 104 valence electrons. The standard InChI is InChI=1S/C15H21FN2O/c1-11(8-13-4-3-5-14(16)9-13)15(19)18-7-6-17-12(2)10-18/h3-5,9,11-12,17H,6-8,10H2,1-2H3. The van der Waals surface area contributed by atoms with Crippen molar-refractivity contribution < 1.29 is 9.18 Å². The van der Waals surface area contributed by atoms with Gasteiger partial charge in [-0.3, -0.25) is 4.79 Å². The van der Waals surface area contributed by atoms with Crippen LogP contribution >= 0.6 is 0 Å². The van der Waals surface area contributed by atoms with Gasteiger partial charge in [-0.1, -0.05) is 19.1 Å². The second kappa shape index (κ2) is 6.15. The van der Waals surface area contributed by atoms with Gasteiger partial charge < -0.3 is 10.2 Å². The van der Waals surface area contributed by atoms with Gasteiger partial charge in [-0.25, -0.2) is 4.39 Å². The fraction of sp³-hybridized carbons (Fsp3) is 0.533. The van der Waals surface area contributed by atoms with Crippen molar-refractivity contribution in [1.82, 2.24) is 10.2 Å². The lowest BCUT2D eigenvalue weighted by molar-refractivity contribution is -0.136. The van der Waals surface area contributed by atoms with Crippen LogP contribution in [-0.4, -0.2) is 36.5 Å². The Labute approximate surface area is 113 Å². The molecule has 19 heavy (non-hydrogen) atoms. The maximum absolute atomic E-state index is 13.1. The zero-order chi connectivity index (χ0) is 13.8. The molecule has 2 unspecified atom stereocenters. The molecule has 1 aromatic rings. The molecule has 1 fully saturated rings. The van der Waals surface area contributed by atoms with Gasteiger partial charge in [0, 0.05) is 31.6 Å². The summed E-state index contributed by atoms with van der Waals surface area (Å²) in [7, 11) is 0. The van der Waals surface area contributed by atoms with Crippen LogP contribution in [0.25, 0.3) is 0 Å². The zero-order valence-corrected chi connectivity index (χ0v) is 11.5. The van der Waals surface area contributed by atoms with Crippen LogP contribution in [0.1, 0.15) is 19.4 Å². The second-order valence-electron chi connectivity index (χ2n) is 5.37. The average molecular weight is 264 g/mol. The molecule has 0 saturated carbocycles. The summed E-state index contributed by atoms with van der Waals surface area (Å²) in [6.07, 6.45) is 0.592. The molecule has 3 nitrogen and oxygen atoms in total. The molecular formula is C15H21FN2O. The Hall–Kier alpha value is -1.42. The lowest BCUT2D eigenvalue weighted by atomic mass is 9.99. The first kappa shape index (κ1) is 14.0. The highest BCUT2D eigenvalue weighted by atomic mass is 19.1. The topological polar surface area (TPSA) is 32.3 Å². The minimum atomic E-state index is -0.243. The monoisotopic (exact) mass is 264 g/mol. The number of hydrogen-bond donors (Lipinski definition) is 1. The summed E-state index contributed by atoms with van der Waals surface area (Å²) in [5, 5.41) is 3.32. The number of nitrogens with one attached hydrogen (secondary N) is 1. The number of nitrogens with zero attached hydrogens (tertiary/aromatic N) is 1. The lowest BCUT2D eigenvalue weighted by Gasteiger charge is -2.33. The van der Waals surface area contributed by atoms with Gasteiger partial charge in [0.15, 0.2) is 0 Å². The summed E-state index contributed by atoms with van der Waals surface area (Å²) in [5.41, 5.74) is 0.879. The van der Waals surface area contributed by atoms with Gasteiger partial charge in [0.1, 0.15) is 5.82 Å². The molecule has 1 aliphatic heterocycles. The van der Waals surface area contributed by atoms with E-state index < -0.39 is 0 Å². The van der Waals surface area contributed by atoms with Gasteiger partial charge >= 0.3 is 0 Å². The van der Waals surface area contributed by atoms with E-state index in [1.54, 1.807) is 6.07 Å². The third kappa shape index (κ3) is 3.77. The summed E-state index contributed by atoms with van der Waals surface area (Å²) >= 11 is 0. The summed E-state index contributed by atoms with van der Waals surface area (Å²) in [6.45, 7) is 6.36. The van der Waals surface area contributed by atoms with E-state index in [4.69, 9.17) is 0 Å². The maximum Gasteiger partial charge on any atom is 0.225 e. The predicted octanol–water partition coefficient (Wildman–Crippen LogP) is 1.82. The lowest BCUT2D eigenvalue weighted by Crippen LogP contribution is -2.52. The molecule has 1 aliphatic rings. The van der Waals surface area contributed by atoms with E-state index in [9.17, 15) is 9.18 Å². The van der Waals surface area contributed by atoms with Crippen molar-refractivity contribution in [1.29, 1.82) is 0 Å². The molecule has 0 radical (unpaired) electrons. The molecule has 1 saturated heterocycles. The molecule has 0 aromatic heterocycles. The van der Waals surface area contributed by atoms with Gasteiger partial charge in [0.2, 0.25) is 5.91 Å². The minimum absolute atomic E-state index is 0.105. The molecule has 4 heteroatoms. The molecule has 1 N–H and O–H groups in total. The third-order valence-corrected chi connectivity index (χ3v) is 3.53. The molecular weight excluding hydrogens is 243 g/mol. The minimum Gasteiger partial charge on any atom is -0.340 e. The highest BCUT2D eigenvalue weighted by molar-refractivity contribution is 5.79. The quantitative estimate of drug-likeness (QED) is 0.903. The van der Waals surface area contributed by atoms with Crippen LogP contribution in [0, 0.1) is 11.7 Å². The molecule has 1 amide bonds. The summed E-state index contributed by atoms with van der Waals surface area (Å²) in [6, 6.07) is 6.83. The van der Waals surface area contributed by atoms with Crippen molar-refractivity contribution in [2.45, 2.75) is 26.3 Å². The fourth-order valence-electron chi connectivity index (χ4n) is 2.55. The molecule has 0 aliphatic carbocycles. The number of piperazine rings is 1. The Morgan fingerprint density at radius 1 is 1.58 bits per heavy atom. The molecule has 0 spiro atoms. The number of hydrogen-bond acceptors (Lipinski definition) is 2. The molecule has 0 bridgehead atoms. The van der Waals surface area contributed by atoms with Crippen molar-refractivity contribution in [3.05, 3.63) is 35.6 Å². The van der Waals surface area contributed by atoms with Crippen LogP contribution in [0.15, 0.2) is 24.3 Å². The molecule has 1 aromatic carbocycles. The number of rotatable bonds is 3. The van der Waals surface area contributed by atoms with Crippen molar-refractivity contribution in [3.8, 4) is 0 Å². The Bertz CT molecular complexity index is 450. The summed E-state index contributed by atoms with van der Waals surface area (Å²) < 4.78 is 13.1. The molecule has 2 rings (SSSR count). The van der Waals surface area contributed by atoms with Gasteiger partial charge in [-0.05, 0) is 31.0 Å². The van der Waals surface area contributed by atoms with E-state index in [1.807, 2.05) is 17.9 Å². The fourth-order valence-corrected chi connectivity index (χ4v) is 2.55. The van der Waals surface area contributed by atoms with Crippen molar-refractivity contribution in [3.63, 3.8) is 0 Å². The number of halogens is 1. The zero-order valence-electron chi connectivity index (χ0n) is 11.5. The molecule has 1 heterocycles. The summed E-state index contributed by atoms with van der Waals surface area (Å²) in [4.78, 5) is 14.2. The normalized spacial score (nSPS) is 21.2. The van der Waals surface area contributed by atoms with E-state index in [0.717, 1.165) is 25.2 Å². The summed E-state index contributed by atoms with van der Waals surface area (Å²) in [5.74, 6) is -0.183. The SMILES string of the molecule is CC1CN(C(=O)C(C)Cc2cccc(F)c2)CCN1. The van der Waals surface area contributed by atoms with Crippen LogP contribution in [-0.2, 0) is 11.2 Å². The van der Waals surface area contributed by atoms with Crippen LogP contribution in [0.5, 0.6) is 0 Å².